The minimum Gasteiger partial charge on any atom is -0.456 e. The maximum absolute atomic E-state index is 6.53. The van der Waals surface area contributed by atoms with Crippen molar-refractivity contribution in [3.05, 3.63) is 212 Å². The van der Waals surface area contributed by atoms with Crippen LogP contribution < -0.4 is 4.90 Å². The first-order chi connectivity index (χ1) is 30.7. The van der Waals surface area contributed by atoms with Crippen LogP contribution in [0.5, 0.6) is 0 Å². The average Bonchev–Trinajstić information content (AvgIpc) is 4.03. The van der Waals surface area contributed by atoms with Crippen molar-refractivity contribution in [1.29, 1.82) is 0 Å². The van der Waals surface area contributed by atoms with E-state index < -0.39 is 0 Å². The molecule has 3 heterocycles. The molecule has 0 aliphatic rings. The molecule has 0 radical (unpaired) electrons. The third kappa shape index (κ3) is 5.47. The predicted molar refractivity (Wildman–Crippen MR) is 257 cm³/mol. The molecule has 62 heavy (non-hydrogen) atoms. The molecule has 13 rings (SSSR count). The summed E-state index contributed by atoms with van der Waals surface area (Å²) < 4.78 is 18.8. The highest BCUT2D eigenvalue weighted by atomic mass is 16.3. The zero-order valence-corrected chi connectivity index (χ0v) is 33.4. The third-order valence-corrected chi connectivity index (χ3v) is 12.5. The van der Waals surface area contributed by atoms with Crippen molar-refractivity contribution in [1.82, 2.24) is 0 Å². The van der Waals surface area contributed by atoms with Crippen LogP contribution >= 0.6 is 0 Å². The molecule has 0 bridgehead atoms. The van der Waals surface area contributed by atoms with Gasteiger partial charge in [-0.2, -0.15) is 0 Å². The second-order valence-corrected chi connectivity index (χ2v) is 16.0. The highest BCUT2D eigenvalue weighted by Gasteiger charge is 2.20. The fourth-order valence-electron chi connectivity index (χ4n) is 9.43. The van der Waals surface area contributed by atoms with Gasteiger partial charge in [0.25, 0.3) is 0 Å². The lowest BCUT2D eigenvalue weighted by Crippen LogP contribution is -2.11. The summed E-state index contributed by atoms with van der Waals surface area (Å²) in [6.07, 6.45) is 0. The summed E-state index contributed by atoms with van der Waals surface area (Å²) in [5.41, 5.74) is 15.4. The van der Waals surface area contributed by atoms with E-state index >= 15 is 0 Å². The molecule has 0 spiro atoms. The topological polar surface area (TPSA) is 42.7 Å². The standard InChI is InChI=1S/C58H35NO3/c1-2-11-45-38(9-1)21-29-48-51-35-41(24-32-57(51)62-58(45)48)44-10-3-6-14-52(44)59(42-25-17-36(18-26-42)39-22-30-55-49(33-39)46-12-4-7-15-53(46)60-55)43-27-19-37(20-28-43)40-23-31-56-50(34-40)47-13-5-8-16-54(47)61-56/h1-35H. The lowest BCUT2D eigenvalue weighted by molar-refractivity contribution is 0.668. The number of hydrogen-bond donors (Lipinski definition) is 0. The number of benzene rings is 10. The molecular formula is C58H35NO3. The van der Waals surface area contributed by atoms with E-state index in [2.05, 4.69) is 193 Å². The quantitative estimate of drug-likeness (QED) is 0.168. The van der Waals surface area contributed by atoms with Crippen molar-refractivity contribution in [2.45, 2.75) is 0 Å². The van der Waals surface area contributed by atoms with Gasteiger partial charge in [-0.05, 0) is 118 Å². The Bertz CT molecular complexity index is 3710. The first-order valence-corrected chi connectivity index (χ1v) is 21.0. The number of furan rings is 3. The molecule has 0 saturated carbocycles. The van der Waals surface area contributed by atoms with E-state index in [0.29, 0.717) is 0 Å². The number of hydrogen-bond acceptors (Lipinski definition) is 4. The highest BCUT2D eigenvalue weighted by molar-refractivity contribution is 6.16. The van der Waals surface area contributed by atoms with Crippen molar-refractivity contribution in [2.24, 2.45) is 0 Å². The Labute approximate surface area is 356 Å². The van der Waals surface area contributed by atoms with Crippen LogP contribution in [-0.4, -0.2) is 0 Å². The molecule has 0 aliphatic heterocycles. The van der Waals surface area contributed by atoms with Crippen molar-refractivity contribution >= 4 is 93.7 Å². The van der Waals surface area contributed by atoms with Gasteiger partial charge in [0.1, 0.15) is 33.5 Å². The summed E-state index contributed by atoms with van der Waals surface area (Å²) in [4.78, 5) is 2.37. The Morgan fingerprint density at radius 2 is 0.726 bits per heavy atom. The van der Waals surface area contributed by atoms with Crippen molar-refractivity contribution < 1.29 is 13.3 Å². The van der Waals surface area contributed by atoms with Gasteiger partial charge < -0.3 is 18.2 Å². The lowest BCUT2D eigenvalue weighted by Gasteiger charge is -2.28. The molecule has 0 atom stereocenters. The maximum atomic E-state index is 6.53. The summed E-state index contributed by atoms with van der Waals surface area (Å²) in [6.45, 7) is 0. The summed E-state index contributed by atoms with van der Waals surface area (Å²) in [6, 6.07) is 75.3. The minimum atomic E-state index is 0.879. The van der Waals surface area contributed by atoms with E-state index in [0.717, 1.165) is 122 Å². The first-order valence-electron chi connectivity index (χ1n) is 21.0. The molecule has 10 aromatic carbocycles. The lowest BCUT2D eigenvalue weighted by atomic mass is 9.98. The Kier molecular flexibility index (Phi) is 7.57. The van der Waals surface area contributed by atoms with E-state index in [4.69, 9.17) is 13.3 Å². The van der Waals surface area contributed by atoms with Gasteiger partial charge in [-0.3, -0.25) is 0 Å². The molecular weight excluding hydrogens is 759 g/mol. The third-order valence-electron chi connectivity index (χ3n) is 12.5. The number of fused-ring (bicyclic) bond motifs is 11. The molecule has 290 valence electrons. The smallest absolute Gasteiger partial charge is 0.143 e. The minimum absolute atomic E-state index is 0.879. The molecule has 0 unspecified atom stereocenters. The monoisotopic (exact) mass is 793 g/mol. The Morgan fingerprint density at radius 1 is 0.274 bits per heavy atom. The number of para-hydroxylation sites is 3. The van der Waals surface area contributed by atoms with E-state index in [-0.39, 0.29) is 0 Å². The Balaban J connectivity index is 0.938. The van der Waals surface area contributed by atoms with Crippen LogP contribution in [0, 0.1) is 0 Å². The molecule has 0 fully saturated rings. The van der Waals surface area contributed by atoms with Crippen LogP contribution in [0.3, 0.4) is 0 Å². The van der Waals surface area contributed by atoms with E-state index in [1.54, 1.807) is 0 Å². The van der Waals surface area contributed by atoms with Crippen LogP contribution in [0.4, 0.5) is 17.1 Å². The SMILES string of the molecule is c1ccc(N(c2ccc(-c3ccc4oc5ccccc5c4c3)cc2)c2ccc(-c3ccc4oc5ccccc5c4c3)cc2)c(-c2ccc3oc4c5ccccc5ccc4c3c2)c1. The van der Waals surface area contributed by atoms with Crippen molar-refractivity contribution in [3.63, 3.8) is 0 Å². The van der Waals surface area contributed by atoms with Gasteiger partial charge >= 0.3 is 0 Å². The predicted octanol–water partition coefficient (Wildman–Crippen LogP) is 17.0. The Hall–Kier alpha value is -8.34. The fourth-order valence-corrected chi connectivity index (χ4v) is 9.43. The largest absolute Gasteiger partial charge is 0.456 e. The maximum Gasteiger partial charge on any atom is 0.143 e. The number of anilines is 3. The first kappa shape index (κ1) is 34.5. The summed E-state index contributed by atoms with van der Waals surface area (Å²) in [5.74, 6) is 0. The summed E-state index contributed by atoms with van der Waals surface area (Å²) >= 11 is 0. The number of nitrogens with zero attached hydrogens (tertiary/aromatic N) is 1. The Morgan fingerprint density at radius 3 is 1.35 bits per heavy atom. The normalized spacial score (nSPS) is 11.9. The highest BCUT2D eigenvalue weighted by Crippen LogP contribution is 2.44. The van der Waals surface area contributed by atoms with Gasteiger partial charge in [0.15, 0.2) is 0 Å². The summed E-state index contributed by atoms with van der Waals surface area (Å²) in [7, 11) is 0. The molecule has 13 aromatic rings. The van der Waals surface area contributed by atoms with Gasteiger partial charge in [-0.15, -0.1) is 0 Å². The van der Waals surface area contributed by atoms with Crippen LogP contribution in [0.15, 0.2) is 226 Å². The van der Waals surface area contributed by atoms with Crippen LogP contribution in [0.2, 0.25) is 0 Å². The van der Waals surface area contributed by atoms with Gasteiger partial charge in [-0.1, -0.05) is 127 Å². The molecule has 0 saturated heterocycles. The van der Waals surface area contributed by atoms with Crippen LogP contribution in [0.1, 0.15) is 0 Å². The van der Waals surface area contributed by atoms with Gasteiger partial charge in [0, 0.05) is 54.6 Å². The van der Waals surface area contributed by atoms with Crippen LogP contribution in [0.25, 0.3) is 110 Å². The van der Waals surface area contributed by atoms with E-state index in [1.165, 1.54) is 5.39 Å². The second-order valence-electron chi connectivity index (χ2n) is 16.0. The van der Waals surface area contributed by atoms with E-state index in [9.17, 15) is 0 Å². The van der Waals surface area contributed by atoms with Crippen molar-refractivity contribution in [2.75, 3.05) is 4.90 Å². The second kappa shape index (κ2) is 13.6. The van der Waals surface area contributed by atoms with Gasteiger partial charge in [0.05, 0.1) is 5.69 Å². The van der Waals surface area contributed by atoms with Crippen LogP contribution in [-0.2, 0) is 0 Å². The zero-order valence-electron chi connectivity index (χ0n) is 33.4. The van der Waals surface area contributed by atoms with Crippen molar-refractivity contribution in [3.8, 4) is 33.4 Å². The fraction of sp³-hybridized carbons (Fsp3) is 0. The molecule has 0 aliphatic carbocycles. The molecule has 3 aromatic heterocycles. The van der Waals surface area contributed by atoms with Gasteiger partial charge in [0.2, 0.25) is 0 Å². The average molecular weight is 794 g/mol. The zero-order chi connectivity index (χ0) is 40.7. The van der Waals surface area contributed by atoms with Gasteiger partial charge in [-0.25, -0.2) is 0 Å². The molecule has 0 amide bonds. The summed E-state index contributed by atoms with van der Waals surface area (Å²) in [5, 5.41) is 9.00. The molecule has 0 N–H and O–H groups in total. The van der Waals surface area contributed by atoms with E-state index in [1.807, 2.05) is 24.3 Å². The molecule has 4 heteroatoms. The molecule has 4 nitrogen and oxygen atoms in total. The number of rotatable bonds is 6.